The number of unbranched alkanes of at least 4 members (excludes halogenated alkanes) is 1. The molecule has 0 aromatic carbocycles. The maximum Gasteiger partial charge on any atom is 0.0762 e. The molecule has 0 aliphatic rings. The van der Waals surface area contributed by atoms with Crippen molar-refractivity contribution in [3.8, 4) is 0 Å². The average molecular weight is 225 g/mol. The summed E-state index contributed by atoms with van der Waals surface area (Å²) >= 11 is 0. The number of rotatable bonds is 8. The Labute approximate surface area is 98.0 Å². The summed E-state index contributed by atoms with van der Waals surface area (Å²) in [5.74, 6) is 0. The lowest BCUT2D eigenvalue weighted by molar-refractivity contribution is 0.192. The Balaban J connectivity index is 2.12. The lowest BCUT2D eigenvalue weighted by Crippen LogP contribution is -2.16. The van der Waals surface area contributed by atoms with Gasteiger partial charge in [0.15, 0.2) is 0 Å². The van der Waals surface area contributed by atoms with E-state index in [1.165, 1.54) is 0 Å². The molecular weight excluding hydrogens is 202 g/mol. The van der Waals surface area contributed by atoms with Crippen LogP contribution in [0.1, 0.15) is 38.4 Å². The zero-order valence-electron chi connectivity index (χ0n) is 10.6. The molecule has 0 aliphatic carbocycles. The Morgan fingerprint density at radius 3 is 2.88 bits per heavy atom. The Bertz CT molecular complexity index is 284. The summed E-state index contributed by atoms with van der Waals surface area (Å²) in [6.07, 6.45) is 4.30. The summed E-state index contributed by atoms with van der Waals surface area (Å²) in [7, 11) is 1.74. The van der Waals surface area contributed by atoms with Gasteiger partial charge in [-0.05, 0) is 39.3 Å². The highest BCUT2D eigenvalue weighted by Gasteiger charge is 2.00. The van der Waals surface area contributed by atoms with Crippen molar-refractivity contribution in [2.45, 2.75) is 39.3 Å². The fourth-order valence-corrected chi connectivity index (χ4v) is 1.47. The summed E-state index contributed by atoms with van der Waals surface area (Å²) in [5.41, 5.74) is 1.11. The zero-order chi connectivity index (χ0) is 11.8. The van der Waals surface area contributed by atoms with Crippen LogP contribution in [0.15, 0.2) is 12.3 Å². The van der Waals surface area contributed by atoms with Crippen LogP contribution < -0.4 is 5.32 Å². The van der Waals surface area contributed by atoms with Gasteiger partial charge in [0.1, 0.15) is 0 Å². The molecule has 0 unspecified atom stereocenters. The van der Waals surface area contributed by atoms with Crippen LogP contribution >= 0.6 is 0 Å². The van der Waals surface area contributed by atoms with Gasteiger partial charge in [0, 0.05) is 32.5 Å². The molecule has 0 aliphatic heterocycles. The molecule has 92 valence electrons. The van der Waals surface area contributed by atoms with Crippen molar-refractivity contribution in [1.29, 1.82) is 0 Å². The van der Waals surface area contributed by atoms with Crippen molar-refractivity contribution in [3.05, 3.63) is 18.0 Å². The van der Waals surface area contributed by atoms with Crippen LogP contribution in [-0.2, 0) is 11.3 Å². The third-order valence-corrected chi connectivity index (χ3v) is 2.45. The second-order valence-corrected chi connectivity index (χ2v) is 4.26. The van der Waals surface area contributed by atoms with E-state index in [-0.39, 0.29) is 0 Å². The number of hydrogen-bond donors (Lipinski definition) is 1. The van der Waals surface area contributed by atoms with Crippen LogP contribution in [0.2, 0.25) is 0 Å². The molecule has 0 bridgehead atoms. The van der Waals surface area contributed by atoms with Gasteiger partial charge in [-0.3, -0.25) is 4.68 Å². The number of ether oxygens (including phenoxy) is 1. The van der Waals surface area contributed by atoms with E-state index in [0.717, 1.165) is 38.2 Å². The van der Waals surface area contributed by atoms with E-state index >= 15 is 0 Å². The molecule has 1 N–H and O–H groups in total. The van der Waals surface area contributed by atoms with E-state index in [0.29, 0.717) is 6.04 Å². The first kappa shape index (κ1) is 13.2. The summed E-state index contributed by atoms with van der Waals surface area (Å²) in [5, 5.41) is 7.85. The van der Waals surface area contributed by atoms with Gasteiger partial charge < -0.3 is 10.1 Å². The first-order valence-electron chi connectivity index (χ1n) is 5.97. The largest absolute Gasteiger partial charge is 0.385 e. The minimum atomic E-state index is 0.440. The lowest BCUT2D eigenvalue weighted by Gasteiger charge is -2.04. The normalized spacial score (nSPS) is 11.2. The van der Waals surface area contributed by atoms with Gasteiger partial charge in [-0.25, -0.2) is 0 Å². The van der Waals surface area contributed by atoms with Crippen LogP contribution in [0.3, 0.4) is 0 Å². The second-order valence-electron chi connectivity index (χ2n) is 4.26. The van der Waals surface area contributed by atoms with Crippen molar-refractivity contribution < 1.29 is 4.74 Å². The smallest absolute Gasteiger partial charge is 0.0762 e. The SMILES string of the molecule is COCCCCNCc1ccn(C(C)C)n1. The van der Waals surface area contributed by atoms with E-state index in [2.05, 4.69) is 30.3 Å². The molecule has 0 radical (unpaired) electrons. The molecule has 0 fully saturated rings. The predicted octanol–water partition coefficient (Wildman–Crippen LogP) is 1.98. The van der Waals surface area contributed by atoms with Gasteiger partial charge in [-0.2, -0.15) is 5.10 Å². The van der Waals surface area contributed by atoms with Gasteiger partial charge in [0.25, 0.3) is 0 Å². The van der Waals surface area contributed by atoms with Crippen LogP contribution in [0.25, 0.3) is 0 Å². The number of aromatic nitrogens is 2. The van der Waals surface area contributed by atoms with Crippen LogP contribution in [0, 0.1) is 0 Å². The van der Waals surface area contributed by atoms with Crippen molar-refractivity contribution in [2.24, 2.45) is 0 Å². The quantitative estimate of drug-likeness (QED) is 0.688. The van der Waals surface area contributed by atoms with E-state index < -0.39 is 0 Å². The topological polar surface area (TPSA) is 39.1 Å². The third-order valence-electron chi connectivity index (χ3n) is 2.45. The zero-order valence-corrected chi connectivity index (χ0v) is 10.6. The summed E-state index contributed by atoms with van der Waals surface area (Å²) in [4.78, 5) is 0. The molecule has 1 rings (SSSR count). The van der Waals surface area contributed by atoms with E-state index in [1.807, 2.05) is 10.9 Å². The molecular formula is C12H23N3O. The van der Waals surface area contributed by atoms with Gasteiger partial charge in [0.05, 0.1) is 5.69 Å². The van der Waals surface area contributed by atoms with Crippen LogP contribution in [-0.4, -0.2) is 30.0 Å². The fourth-order valence-electron chi connectivity index (χ4n) is 1.47. The molecule has 0 saturated carbocycles. The van der Waals surface area contributed by atoms with Crippen molar-refractivity contribution in [3.63, 3.8) is 0 Å². The van der Waals surface area contributed by atoms with Crippen molar-refractivity contribution >= 4 is 0 Å². The molecule has 1 heterocycles. The number of methoxy groups -OCH3 is 1. The highest BCUT2D eigenvalue weighted by molar-refractivity contribution is 4.98. The predicted molar refractivity (Wildman–Crippen MR) is 65.4 cm³/mol. The third kappa shape index (κ3) is 4.77. The molecule has 1 aromatic heterocycles. The molecule has 0 saturated heterocycles. The monoisotopic (exact) mass is 225 g/mol. The lowest BCUT2D eigenvalue weighted by atomic mass is 10.3. The molecule has 0 spiro atoms. The Hall–Kier alpha value is -0.870. The van der Waals surface area contributed by atoms with E-state index in [9.17, 15) is 0 Å². The number of nitrogens with zero attached hydrogens (tertiary/aromatic N) is 2. The standard InChI is InChI=1S/C12H23N3O/c1-11(2)15-8-6-12(14-15)10-13-7-4-5-9-16-3/h6,8,11,13H,4-5,7,9-10H2,1-3H3. The molecule has 4 nitrogen and oxygen atoms in total. The molecule has 1 aromatic rings. The highest BCUT2D eigenvalue weighted by Crippen LogP contribution is 2.03. The van der Waals surface area contributed by atoms with Gasteiger partial charge >= 0.3 is 0 Å². The highest BCUT2D eigenvalue weighted by atomic mass is 16.5. The first-order valence-corrected chi connectivity index (χ1v) is 5.97. The maximum absolute atomic E-state index is 4.99. The molecule has 4 heteroatoms. The number of hydrogen-bond acceptors (Lipinski definition) is 3. The van der Waals surface area contributed by atoms with Gasteiger partial charge in [0.2, 0.25) is 0 Å². The second kappa shape index (κ2) is 7.41. The summed E-state index contributed by atoms with van der Waals surface area (Å²) in [6.45, 7) is 7.00. The average Bonchev–Trinajstić information content (AvgIpc) is 2.72. The fraction of sp³-hybridized carbons (Fsp3) is 0.750. The van der Waals surface area contributed by atoms with Crippen molar-refractivity contribution in [1.82, 2.24) is 15.1 Å². The Morgan fingerprint density at radius 1 is 1.44 bits per heavy atom. The van der Waals surface area contributed by atoms with Gasteiger partial charge in [-0.1, -0.05) is 0 Å². The summed E-state index contributed by atoms with van der Waals surface area (Å²) in [6, 6.07) is 2.51. The van der Waals surface area contributed by atoms with Crippen molar-refractivity contribution in [2.75, 3.05) is 20.3 Å². The number of nitrogens with one attached hydrogen (secondary N) is 1. The van der Waals surface area contributed by atoms with Gasteiger partial charge in [-0.15, -0.1) is 0 Å². The minimum Gasteiger partial charge on any atom is -0.385 e. The molecule has 16 heavy (non-hydrogen) atoms. The Morgan fingerprint density at radius 2 is 2.25 bits per heavy atom. The Kier molecular flexibility index (Phi) is 6.11. The molecule has 0 atom stereocenters. The van der Waals surface area contributed by atoms with Crippen LogP contribution in [0.5, 0.6) is 0 Å². The van der Waals surface area contributed by atoms with E-state index in [1.54, 1.807) is 7.11 Å². The maximum atomic E-state index is 4.99. The first-order chi connectivity index (χ1) is 7.74. The van der Waals surface area contributed by atoms with Crippen LogP contribution in [0.4, 0.5) is 0 Å². The summed E-state index contributed by atoms with van der Waals surface area (Å²) < 4.78 is 6.98. The minimum absolute atomic E-state index is 0.440. The van der Waals surface area contributed by atoms with E-state index in [4.69, 9.17) is 4.74 Å². The molecule has 0 amide bonds.